The number of nitriles is 1. The van der Waals surface area contributed by atoms with Crippen LogP contribution >= 0.6 is 11.3 Å². The van der Waals surface area contributed by atoms with Crippen molar-refractivity contribution >= 4 is 39.9 Å². The number of Topliss-reactive ketones (excluding diaryl/α,β-unsaturated/α-hetero) is 1. The molecule has 1 aromatic heterocycles. The third-order valence-electron chi connectivity index (χ3n) is 3.97. The summed E-state index contributed by atoms with van der Waals surface area (Å²) in [5, 5.41) is 11.5. The molecule has 2 aromatic rings. The van der Waals surface area contributed by atoms with Crippen molar-refractivity contribution in [2.24, 2.45) is 5.92 Å². The van der Waals surface area contributed by atoms with Crippen molar-refractivity contribution in [3.05, 3.63) is 46.0 Å². The maximum atomic E-state index is 12.2. The van der Waals surface area contributed by atoms with E-state index in [0.717, 1.165) is 16.8 Å². The van der Waals surface area contributed by atoms with E-state index < -0.39 is 0 Å². The Morgan fingerprint density at radius 1 is 1.27 bits per heavy atom. The van der Waals surface area contributed by atoms with Crippen molar-refractivity contribution in [3.8, 4) is 6.07 Å². The highest BCUT2D eigenvalue weighted by molar-refractivity contribution is 7.14. The minimum Gasteiger partial charge on any atom is -0.293 e. The summed E-state index contributed by atoms with van der Waals surface area (Å²) in [5.41, 5.74) is 3.53. The molecule has 1 amide bonds. The zero-order chi connectivity index (χ0) is 19.4. The standard InChI is InChI=1S/C20H21N3O2S/c1-12(2)19(25)16(10-21)9-17-11-26-20(22-17)23(15(5)24)18-7-6-13(3)14(4)8-18/h6-9,11-12H,1-5H3. The van der Waals surface area contributed by atoms with Crippen molar-refractivity contribution in [3.63, 3.8) is 0 Å². The van der Waals surface area contributed by atoms with E-state index in [1.807, 2.05) is 38.1 Å². The van der Waals surface area contributed by atoms with E-state index in [4.69, 9.17) is 0 Å². The van der Waals surface area contributed by atoms with Crippen molar-refractivity contribution in [1.82, 2.24) is 4.98 Å². The van der Waals surface area contributed by atoms with Crippen molar-refractivity contribution < 1.29 is 9.59 Å². The number of allylic oxidation sites excluding steroid dienone is 1. The van der Waals surface area contributed by atoms with Gasteiger partial charge in [-0.15, -0.1) is 11.3 Å². The predicted molar refractivity (Wildman–Crippen MR) is 104 cm³/mol. The molecule has 1 heterocycles. The second kappa shape index (κ2) is 8.07. The number of aryl methyl sites for hydroxylation is 2. The Balaban J connectivity index is 2.42. The first-order valence-corrected chi connectivity index (χ1v) is 9.12. The fourth-order valence-corrected chi connectivity index (χ4v) is 3.20. The summed E-state index contributed by atoms with van der Waals surface area (Å²) in [6.45, 7) is 8.98. The summed E-state index contributed by atoms with van der Waals surface area (Å²) in [5.74, 6) is -0.639. The highest BCUT2D eigenvalue weighted by Crippen LogP contribution is 2.30. The van der Waals surface area contributed by atoms with Crippen LogP contribution in [0.4, 0.5) is 10.8 Å². The number of hydrogen-bond donors (Lipinski definition) is 0. The van der Waals surface area contributed by atoms with Gasteiger partial charge in [0, 0.05) is 18.2 Å². The molecular formula is C20H21N3O2S. The quantitative estimate of drug-likeness (QED) is 0.573. The van der Waals surface area contributed by atoms with Gasteiger partial charge in [-0.1, -0.05) is 19.9 Å². The molecule has 0 atom stereocenters. The molecule has 0 unspecified atom stereocenters. The van der Waals surface area contributed by atoms with E-state index in [-0.39, 0.29) is 23.2 Å². The van der Waals surface area contributed by atoms with Crippen LogP contribution in [0.15, 0.2) is 29.2 Å². The average molecular weight is 367 g/mol. The van der Waals surface area contributed by atoms with Crippen molar-refractivity contribution in [1.29, 1.82) is 5.26 Å². The largest absolute Gasteiger partial charge is 0.293 e. The molecule has 5 nitrogen and oxygen atoms in total. The fourth-order valence-electron chi connectivity index (χ4n) is 2.35. The Morgan fingerprint density at radius 2 is 1.96 bits per heavy atom. The number of hydrogen-bond acceptors (Lipinski definition) is 5. The number of anilines is 2. The molecule has 26 heavy (non-hydrogen) atoms. The molecule has 134 valence electrons. The van der Waals surface area contributed by atoms with Crippen LogP contribution in [0.1, 0.15) is 37.6 Å². The highest BCUT2D eigenvalue weighted by Gasteiger charge is 2.19. The van der Waals surface area contributed by atoms with Crippen LogP contribution in [-0.4, -0.2) is 16.7 Å². The van der Waals surface area contributed by atoms with Gasteiger partial charge < -0.3 is 0 Å². The van der Waals surface area contributed by atoms with Gasteiger partial charge in [0.15, 0.2) is 10.9 Å². The molecule has 0 bridgehead atoms. The topological polar surface area (TPSA) is 74.1 Å². The van der Waals surface area contributed by atoms with Gasteiger partial charge in [0.25, 0.3) is 0 Å². The smallest absolute Gasteiger partial charge is 0.230 e. The molecular weight excluding hydrogens is 346 g/mol. The molecule has 6 heteroatoms. The van der Waals surface area contributed by atoms with Crippen LogP contribution < -0.4 is 4.90 Å². The van der Waals surface area contributed by atoms with Crippen LogP contribution in [0, 0.1) is 31.1 Å². The van der Waals surface area contributed by atoms with E-state index >= 15 is 0 Å². The molecule has 0 aliphatic carbocycles. The third kappa shape index (κ3) is 4.24. The Hall–Kier alpha value is -2.78. The van der Waals surface area contributed by atoms with Gasteiger partial charge in [0.1, 0.15) is 6.07 Å². The number of nitrogens with zero attached hydrogens (tertiary/aromatic N) is 3. The van der Waals surface area contributed by atoms with E-state index in [0.29, 0.717) is 10.8 Å². The van der Waals surface area contributed by atoms with Crippen LogP contribution in [0.2, 0.25) is 0 Å². The van der Waals surface area contributed by atoms with Crippen molar-refractivity contribution in [2.45, 2.75) is 34.6 Å². The van der Waals surface area contributed by atoms with Crippen LogP contribution in [0.5, 0.6) is 0 Å². The SMILES string of the molecule is CC(=O)N(c1ccc(C)c(C)c1)c1nc(C=C(C#N)C(=O)C(C)C)cs1. The van der Waals surface area contributed by atoms with Crippen LogP contribution in [0.3, 0.4) is 0 Å². The van der Waals surface area contributed by atoms with Crippen LogP contribution in [-0.2, 0) is 9.59 Å². The lowest BCUT2D eigenvalue weighted by Gasteiger charge is -2.19. The van der Waals surface area contributed by atoms with Crippen LogP contribution in [0.25, 0.3) is 6.08 Å². The predicted octanol–water partition coefficient (Wildman–Crippen LogP) is 4.58. The van der Waals surface area contributed by atoms with Gasteiger partial charge >= 0.3 is 0 Å². The number of benzene rings is 1. The zero-order valence-electron chi connectivity index (χ0n) is 15.5. The second-order valence-electron chi connectivity index (χ2n) is 6.37. The Morgan fingerprint density at radius 3 is 2.50 bits per heavy atom. The van der Waals surface area contributed by atoms with Crippen molar-refractivity contribution in [2.75, 3.05) is 4.90 Å². The lowest BCUT2D eigenvalue weighted by Crippen LogP contribution is -2.22. The first kappa shape index (κ1) is 19.5. The summed E-state index contributed by atoms with van der Waals surface area (Å²) in [4.78, 5) is 30.2. The van der Waals surface area contributed by atoms with E-state index in [1.54, 1.807) is 19.2 Å². The molecule has 0 saturated heterocycles. The Bertz CT molecular complexity index is 919. The minimum absolute atomic E-state index is 0.0670. The maximum Gasteiger partial charge on any atom is 0.230 e. The van der Waals surface area contributed by atoms with E-state index in [9.17, 15) is 14.9 Å². The fraction of sp³-hybridized carbons (Fsp3) is 0.300. The number of thiazole rings is 1. The second-order valence-corrected chi connectivity index (χ2v) is 7.20. The number of ketones is 1. The van der Waals surface area contributed by atoms with E-state index in [2.05, 4.69) is 4.98 Å². The Labute approximate surface area is 157 Å². The molecule has 0 spiro atoms. The Kier molecular flexibility index (Phi) is 6.06. The number of carbonyl (C=O) groups excluding carboxylic acids is 2. The number of amides is 1. The molecule has 2 rings (SSSR count). The lowest BCUT2D eigenvalue weighted by atomic mass is 10.0. The first-order valence-electron chi connectivity index (χ1n) is 8.24. The van der Waals surface area contributed by atoms with Gasteiger partial charge in [-0.25, -0.2) is 4.98 Å². The van der Waals surface area contributed by atoms with E-state index in [1.165, 1.54) is 29.2 Å². The lowest BCUT2D eigenvalue weighted by molar-refractivity contribution is -0.118. The minimum atomic E-state index is -0.261. The summed E-state index contributed by atoms with van der Waals surface area (Å²) in [6, 6.07) is 7.72. The zero-order valence-corrected chi connectivity index (χ0v) is 16.3. The number of aromatic nitrogens is 1. The molecule has 0 fully saturated rings. The molecule has 1 aromatic carbocycles. The van der Waals surface area contributed by atoms with Gasteiger partial charge in [-0.05, 0) is 43.2 Å². The molecule has 0 saturated carbocycles. The van der Waals surface area contributed by atoms with Gasteiger partial charge in [-0.2, -0.15) is 5.26 Å². The first-order chi connectivity index (χ1) is 12.2. The maximum absolute atomic E-state index is 12.2. The summed E-state index contributed by atoms with van der Waals surface area (Å²) >= 11 is 1.29. The number of carbonyl (C=O) groups is 2. The average Bonchev–Trinajstić information content (AvgIpc) is 3.03. The number of rotatable bonds is 5. The van der Waals surface area contributed by atoms with Gasteiger partial charge in [-0.3, -0.25) is 14.5 Å². The third-order valence-corrected chi connectivity index (χ3v) is 4.81. The monoisotopic (exact) mass is 367 g/mol. The molecule has 0 radical (unpaired) electrons. The molecule has 0 N–H and O–H groups in total. The summed E-state index contributed by atoms with van der Waals surface area (Å²) < 4.78 is 0. The van der Waals surface area contributed by atoms with Gasteiger partial charge in [0.05, 0.1) is 17.0 Å². The van der Waals surface area contributed by atoms with Gasteiger partial charge in [0.2, 0.25) is 5.91 Å². The summed E-state index contributed by atoms with van der Waals surface area (Å²) in [6.07, 6.45) is 1.47. The molecule has 0 aliphatic rings. The molecule has 0 aliphatic heterocycles. The summed E-state index contributed by atoms with van der Waals surface area (Å²) in [7, 11) is 0. The highest BCUT2D eigenvalue weighted by atomic mass is 32.1. The normalized spacial score (nSPS) is 11.3.